The molecule has 0 fully saturated rings. The molecule has 142 valence electrons. The van der Waals surface area contributed by atoms with Gasteiger partial charge in [-0.15, -0.1) is 11.8 Å². The molecule has 2 rings (SSSR count). The summed E-state index contributed by atoms with van der Waals surface area (Å²) in [6.45, 7) is 7.28. The summed E-state index contributed by atoms with van der Waals surface area (Å²) in [7, 11) is -2.50. The minimum atomic E-state index is -2.50. The molecule has 0 amide bonds. The van der Waals surface area contributed by atoms with Gasteiger partial charge in [-0.3, -0.25) is 4.79 Å². The molecule has 0 aliphatic heterocycles. The van der Waals surface area contributed by atoms with Crippen LogP contribution in [0.2, 0.25) is 5.04 Å². The zero-order valence-electron chi connectivity index (χ0n) is 16.4. The maximum atomic E-state index is 10.6. The van der Waals surface area contributed by atoms with E-state index in [0.29, 0.717) is 19.4 Å². The van der Waals surface area contributed by atoms with Crippen molar-refractivity contribution < 1.29 is 14.3 Å². The highest BCUT2D eigenvalue weighted by Crippen LogP contribution is 2.36. The van der Waals surface area contributed by atoms with Crippen LogP contribution in [0.5, 0.6) is 0 Å². The number of carboxylic acids is 1. The molecule has 1 N–H and O–H groups in total. The van der Waals surface area contributed by atoms with Crippen LogP contribution in [0.3, 0.4) is 0 Å². The molecule has 0 unspecified atom stereocenters. The highest BCUT2D eigenvalue weighted by molar-refractivity contribution is 6.99. The van der Waals surface area contributed by atoms with Crippen molar-refractivity contribution in [3.63, 3.8) is 0 Å². The van der Waals surface area contributed by atoms with Gasteiger partial charge in [-0.2, -0.15) is 0 Å². The Bertz CT molecular complexity index is 744. The first-order chi connectivity index (χ1) is 12.9. The molecule has 0 aliphatic carbocycles. The van der Waals surface area contributed by atoms with Crippen LogP contribution in [-0.4, -0.2) is 26.0 Å². The van der Waals surface area contributed by atoms with Crippen molar-refractivity contribution in [1.29, 1.82) is 0 Å². The summed E-state index contributed by atoms with van der Waals surface area (Å²) in [6.07, 6.45) is 1.07. The van der Waals surface area contributed by atoms with E-state index in [2.05, 4.69) is 81.1 Å². The summed E-state index contributed by atoms with van der Waals surface area (Å²) in [5.41, 5.74) is 0. The lowest BCUT2D eigenvalue weighted by molar-refractivity contribution is -0.136. The van der Waals surface area contributed by atoms with Crippen LogP contribution in [0, 0.1) is 11.8 Å². The average Bonchev–Trinajstić information content (AvgIpc) is 2.64. The van der Waals surface area contributed by atoms with Crippen LogP contribution in [0.15, 0.2) is 60.7 Å². The Morgan fingerprint density at radius 3 is 1.85 bits per heavy atom. The number of carboxylic acid groups (broad SMARTS) is 1. The summed E-state index contributed by atoms with van der Waals surface area (Å²) in [4.78, 5) is 10.6. The molecule has 3 nitrogen and oxygen atoms in total. The van der Waals surface area contributed by atoms with Gasteiger partial charge >= 0.3 is 5.97 Å². The van der Waals surface area contributed by atoms with Gasteiger partial charge < -0.3 is 9.53 Å². The molecule has 4 heteroatoms. The van der Waals surface area contributed by atoms with Gasteiger partial charge in [-0.1, -0.05) is 81.4 Å². The van der Waals surface area contributed by atoms with E-state index in [9.17, 15) is 4.79 Å². The van der Waals surface area contributed by atoms with Gasteiger partial charge in [-0.05, 0) is 15.4 Å². The van der Waals surface area contributed by atoms with Crippen LogP contribution >= 0.6 is 0 Å². The molecule has 0 radical (unpaired) electrons. The second kappa shape index (κ2) is 9.54. The fourth-order valence-electron chi connectivity index (χ4n) is 3.36. The van der Waals surface area contributed by atoms with E-state index in [4.69, 9.17) is 9.53 Å². The lowest BCUT2D eigenvalue weighted by Crippen LogP contribution is -2.66. The molecule has 0 bridgehead atoms. The third kappa shape index (κ3) is 5.32. The molecule has 2 aromatic carbocycles. The summed E-state index contributed by atoms with van der Waals surface area (Å²) < 4.78 is 6.71. The molecule has 0 aliphatic rings. The van der Waals surface area contributed by atoms with Gasteiger partial charge in [0.15, 0.2) is 0 Å². The highest BCUT2D eigenvalue weighted by Gasteiger charge is 2.49. The second-order valence-corrected chi connectivity index (χ2v) is 11.8. The van der Waals surface area contributed by atoms with E-state index in [0.717, 1.165) is 0 Å². The number of carbonyl (C=O) groups is 1. The van der Waals surface area contributed by atoms with Crippen molar-refractivity contribution in [2.75, 3.05) is 6.61 Å². The molecule has 0 aromatic heterocycles. The molecule has 0 saturated heterocycles. The van der Waals surface area contributed by atoms with E-state index in [1.54, 1.807) is 0 Å². The Morgan fingerprint density at radius 1 is 0.926 bits per heavy atom. The smallest absolute Gasteiger partial charge is 0.304 e. The van der Waals surface area contributed by atoms with Crippen LogP contribution in [-0.2, 0) is 9.22 Å². The van der Waals surface area contributed by atoms with E-state index >= 15 is 0 Å². The van der Waals surface area contributed by atoms with E-state index in [-0.39, 0.29) is 11.5 Å². The number of rotatable bonds is 7. The van der Waals surface area contributed by atoms with Gasteiger partial charge in [0, 0.05) is 19.4 Å². The standard InChI is InChI=1S/C23H28O3Si/c1-23(2,3)27(20-14-8-6-9-15-20,21-16-10-7-11-17-21)26-19-13-5-4-12-18-22(24)25/h6-11,14-17H,12-13,18-19H2,1-3H3,(H,24,25). The van der Waals surface area contributed by atoms with Crippen molar-refractivity contribution in [2.24, 2.45) is 0 Å². The van der Waals surface area contributed by atoms with Crippen LogP contribution in [0.1, 0.15) is 40.0 Å². The van der Waals surface area contributed by atoms with Crippen LogP contribution < -0.4 is 10.4 Å². The van der Waals surface area contributed by atoms with E-state index < -0.39 is 14.3 Å². The first-order valence-electron chi connectivity index (χ1n) is 9.30. The Kier molecular flexibility index (Phi) is 7.41. The summed E-state index contributed by atoms with van der Waals surface area (Å²) in [5.74, 6) is 5.17. The second-order valence-electron chi connectivity index (χ2n) is 7.51. The Morgan fingerprint density at radius 2 is 1.41 bits per heavy atom. The van der Waals surface area contributed by atoms with Gasteiger partial charge in [0.1, 0.15) is 0 Å². The zero-order chi connectivity index (χ0) is 19.8. The van der Waals surface area contributed by atoms with Crippen molar-refractivity contribution in [2.45, 2.75) is 45.1 Å². The topological polar surface area (TPSA) is 46.5 Å². The van der Waals surface area contributed by atoms with E-state index in [1.807, 2.05) is 12.1 Å². The Hall–Kier alpha value is -2.35. The lowest BCUT2D eigenvalue weighted by atomic mass is 10.2. The third-order valence-electron chi connectivity index (χ3n) is 4.55. The van der Waals surface area contributed by atoms with Gasteiger partial charge in [0.05, 0.1) is 6.42 Å². The first-order valence-corrected chi connectivity index (χ1v) is 11.2. The van der Waals surface area contributed by atoms with Crippen molar-refractivity contribution in [3.05, 3.63) is 60.7 Å². The predicted octanol–water partition coefficient (Wildman–Crippen LogP) is 3.82. The quantitative estimate of drug-likeness (QED) is 0.451. The first kappa shape index (κ1) is 21.0. The maximum Gasteiger partial charge on any atom is 0.304 e. The van der Waals surface area contributed by atoms with Gasteiger partial charge in [-0.25, -0.2) is 0 Å². The van der Waals surface area contributed by atoms with Crippen LogP contribution in [0.25, 0.3) is 0 Å². The monoisotopic (exact) mass is 380 g/mol. The SMILES string of the molecule is CC(C)(C)[Si](OCCC#CCCC(=O)O)(c1ccccc1)c1ccccc1. The molecule has 0 heterocycles. The largest absolute Gasteiger partial charge is 0.481 e. The number of hydrogen-bond acceptors (Lipinski definition) is 2. The summed E-state index contributed by atoms with van der Waals surface area (Å²) in [6, 6.07) is 21.0. The Labute approximate surface area is 163 Å². The molecule has 0 saturated carbocycles. The number of aliphatic carboxylic acids is 1. The van der Waals surface area contributed by atoms with Crippen molar-refractivity contribution in [1.82, 2.24) is 0 Å². The molecular formula is C23H28O3Si. The minimum Gasteiger partial charge on any atom is -0.481 e. The predicted molar refractivity (Wildman–Crippen MR) is 113 cm³/mol. The molecular weight excluding hydrogens is 352 g/mol. The van der Waals surface area contributed by atoms with Crippen molar-refractivity contribution >= 4 is 24.7 Å². The van der Waals surface area contributed by atoms with Gasteiger partial charge in [0.25, 0.3) is 8.32 Å². The summed E-state index contributed by atoms with van der Waals surface area (Å²) >= 11 is 0. The Balaban J connectivity index is 2.29. The molecule has 0 spiro atoms. The number of hydrogen-bond donors (Lipinski definition) is 1. The number of benzene rings is 2. The minimum absolute atomic E-state index is 0.0492. The fourth-order valence-corrected chi connectivity index (χ4v) is 7.93. The fraction of sp³-hybridized carbons (Fsp3) is 0.348. The van der Waals surface area contributed by atoms with Gasteiger partial charge in [0.2, 0.25) is 0 Å². The van der Waals surface area contributed by atoms with Crippen LogP contribution in [0.4, 0.5) is 0 Å². The van der Waals surface area contributed by atoms with E-state index in [1.165, 1.54) is 10.4 Å². The third-order valence-corrected chi connectivity index (χ3v) is 9.59. The average molecular weight is 381 g/mol. The zero-order valence-corrected chi connectivity index (χ0v) is 17.4. The maximum absolute atomic E-state index is 10.6. The molecule has 0 atom stereocenters. The normalized spacial score (nSPS) is 11.5. The van der Waals surface area contributed by atoms with Crippen molar-refractivity contribution in [3.8, 4) is 11.8 Å². The lowest BCUT2D eigenvalue weighted by Gasteiger charge is -2.43. The summed E-state index contributed by atoms with van der Waals surface area (Å²) in [5, 5.41) is 11.1. The molecule has 2 aromatic rings. The molecule has 27 heavy (non-hydrogen) atoms. The highest BCUT2D eigenvalue weighted by atomic mass is 28.4.